The van der Waals surface area contributed by atoms with Gasteiger partial charge in [0.1, 0.15) is 6.04 Å². The van der Waals surface area contributed by atoms with Crippen LogP contribution in [0.1, 0.15) is 27.9 Å². The number of halogens is 1. The number of aliphatic hydroxyl groups is 1. The van der Waals surface area contributed by atoms with Gasteiger partial charge in [0.05, 0.1) is 18.2 Å². The fourth-order valence-electron chi connectivity index (χ4n) is 2.26. The van der Waals surface area contributed by atoms with Crippen LogP contribution in [0, 0.1) is 17.1 Å². The van der Waals surface area contributed by atoms with Crippen LogP contribution in [-0.4, -0.2) is 32.9 Å². The molecular weight excluding hydrogens is 355 g/mol. The minimum Gasteiger partial charge on any atom is -0.505 e. The van der Waals surface area contributed by atoms with Gasteiger partial charge in [-0.15, -0.1) is 0 Å². The molecule has 3 rings (SSSR count). The molecule has 0 saturated heterocycles. The lowest BCUT2D eigenvalue weighted by atomic mass is 10.1. The molecule has 3 aromatic rings. The first-order valence-corrected chi connectivity index (χ1v) is 7.76. The number of carbonyl (C=O) groups excluding carboxylic acids is 1. The zero-order valence-corrected chi connectivity index (χ0v) is 13.8. The van der Waals surface area contributed by atoms with E-state index < -0.39 is 30.1 Å². The predicted octanol–water partition coefficient (Wildman–Crippen LogP) is 1.92. The molecule has 1 aromatic heterocycles. The number of phenols is 1. The van der Waals surface area contributed by atoms with Gasteiger partial charge in [0.15, 0.2) is 11.6 Å². The van der Waals surface area contributed by atoms with E-state index >= 15 is 0 Å². The van der Waals surface area contributed by atoms with Crippen LogP contribution in [0.2, 0.25) is 0 Å². The number of amides is 1. The molecule has 3 N–H and O–H groups in total. The normalized spacial score (nSPS) is 11.6. The van der Waals surface area contributed by atoms with Crippen molar-refractivity contribution < 1.29 is 23.9 Å². The number of hydrogen-bond donors (Lipinski definition) is 3. The second kappa shape index (κ2) is 7.63. The Bertz CT molecular complexity index is 1010. The van der Waals surface area contributed by atoms with E-state index in [0.29, 0.717) is 5.56 Å². The number of benzene rings is 2. The van der Waals surface area contributed by atoms with Crippen molar-refractivity contribution in [2.75, 3.05) is 6.61 Å². The maximum absolute atomic E-state index is 13.5. The zero-order valence-electron chi connectivity index (χ0n) is 13.8. The van der Waals surface area contributed by atoms with Gasteiger partial charge in [-0.2, -0.15) is 10.2 Å². The van der Waals surface area contributed by atoms with Crippen LogP contribution in [0.15, 0.2) is 47.0 Å². The molecule has 1 atom stereocenters. The van der Waals surface area contributed by atoms with E-state index in [4.69, 9.17) is 9.78 Å². The Labute approximate surface area is 152 Å². The molecule has 27 heavy (non-hydrogen) atoms. The lowest BCUT2D eigenvalue weighted by Crippen LogP contribution is -2.31. The second-order valence-electron chi connectivity index (χ2n) is 5.52. The van der Waals surface area contributed by atoms with Crippen molar-refractivity contribution in [3.63, 3.8) is 0 Å². The van der Waals surface area contributed by atoms with Crippen molar-refractivity contribution in [1.82, 2.24) is 15.5 Å². The van der Waals surface area contributed by atoms with Gasteiger partial charge in [-0.05, 0) is 42.5 Å². The molecule has 9 heteroatoms. The molecule has 1 unspecified atom stereocenters. The van der Waals surface area contributed by atoms with Crippen LogP contribution in [-0.2, 0) is 0 Å². The molecule has 0 bridgehead atoms. The van der Waals surface area contributed by atoms with Gasteiger partial charge >= 0.3 is 0 Å². The molecule has 0 radical (unpaired) electrons. The third-order valence-corrected chi connectivity index (χ3v) is 3.71. The lowest BCUT2D eigenvalue weighted by Gasteiger charge is -2.12. The number of nitrogens with zero attached hydrogens (tertiary/aromatic N) is 3. The number of nitrogens with one attached hydrogen (secondary N) is 1. The van der Waals surface area contributed by atoms with Gasteiger partial charge in [0.25, 0.3) is 11.8 Å². The summed E-state index contributed by atoms with van der Waals surface area (Å²) in [6, 6.07) is 10.5. The zero-order chi connectivity index (χ0) is 19.4. The average molecular weight is 368 g/mol. The Balaban J connectivity index is 1.77. The highest BCUT2D eigenvalue weighted by Crippen LogP contribution is 2.24. The van der Waals surface area contributed by atoms with E-state index in [1.54, 1.807) is 0 Å². The van der Waals surface area contributed by atoms with Gasteiger partial charge in [-0.25, -0.2) is 4.39 Å². The molecule has 0 saturated carbocycles. The molecule has 1 amide bonds. The maximum Gasteiger partial charge on any atom is 0.251 e. The summed E-state index contributed by atoms with van der Waals surface area (Å²) < 4.78 is 18.5. The molecule has 0 spiro atoms. The van der Waals surface area contributed by atoms with E-state index in [1.807, 2.05) is 6.07 Å². The number of aromatic nitrogens is 2. The fourth-order valence-corrected chi connectivity index (χ4v) is 2.26. The largest absolute Gasteiger partial charge is 0.505 e. The van der Waals surface area contributed by atoms with Crippen LogP contribution in [0.25, 0.3) is 11.4 Å². The predicted molar refractivity (Wildman–Crippen MR) is 89.8 cm³/mol. The summed E-state index contributed by atoms with van der Waals surface area (Å²) in [6.07, 6.45) is 0. The van der Waals surface area contributed by atoms with Crippen molar-refractivity contribution in [3.8, 4) is 23.2 Å². The monoisotopic (exact) mass is 368 g/mol. The topological polar surface area (TPSA) is 132 Å². The number of carbonyl (C=O) groups is 1. The highest BCUT2D eigenvalue weighted by Gasteiger charge is 2.22. The van der Waals surface area contributed by atoms with Gasteiger partial charge in [0, 0.05) is 11.1 Å². The third-order valence-electron chi connectivity index (χ3n) is 3.71. The minimum absolute atomic E-state index is 0.0370. The summed E-state index contributed by atoms with van der Waals surface area (Å²) in [5, 5.41) is 33.8. The van der Waals surface area contributed by atoms with Gasteiger partial charge in [-0.3, -0.25) is 4.79 Å². The number of aromatic hydroxyl groups is 1. The Hall–Kier alpha value is -3.77. The summed E-state index contributed by atoms with van der Waals surface area (Å²) in [6.45, 7) is -0.506. The Morgan fingerprint density at radius 2 is 2.04 bits per heavy atom. The number of nitriles is 1. The molecule has 136 valence electrons. The highest BCUT2D eigenvalue weighted by atomic mass is 19.1. The summed E-state index contributed by atoms with van der Waals surface area (Å²) in [7, 11) is 0. The molecule has 2 aromatic carbocycles. The first kappa shape index (κ1) is 18.0. The maximum atomic E-state index is 13.5. The standard InChI is InChI=1S/C18H13FN4O4/c19-13-7-12(5-6-15(13)25)16-22-18(27-23-16)14(9-24)21-17(26)11-3-1-10(8-20)2-4-11/h1-7,14,24-25H,9H2,(H,21,26). The molecule has 0 fully saturated rings. The third kappa shape index (κ3) is 3.91. The number of aliphatic hydroxyl groups excluding tert-OH is 1. The van der Waals surface area contributed by atoms with E-state index in [1.165, 1.54) is 30.3 Å². The van der Waals surface area contributed by atoms with Crippen molar-refractivity contribution in [2.45, 2.75) is 6.04 Å². The Kier molecular flexibility index (Phi) is 5.10. The molecule has 0 aliphatic rings. The summed E-state index contributed by atoms with van der Waals surface area (Å²) in [5.41, 5.74) is 0.955. The SMILES string of the molecule is N#Cc1ccc(C(=O)NC(CO)c2nc(-c3ccc(O)c(F)c3)no2)cc1. The van der Waals surface area contributed by atoms with Crippen LogP contribution in [0.5, 0.6) is 5.75 Å². The van der Waals surface area contributed by atoms with Crippen molar-refractivity contribution >= 4 is 5.91 Å². The van der Waals surface area contributed by atoms with Gasteiger partial charge in [0.2, 0.25) is 5.82 Å². The van der Waals surface area contributed by atoms with E-state index in [2.05, 4.69) is 15.5 Å². The second-order valence-corrected chi connectivity index (χ2v) is 5.52. The van der Waals surface area contributed by atoms with E-state index in [9.17, 15) is 19.4 Å². The van der Waals surface area contributed by atoms with Crippen LogP contribution in [0.4, 0.5) is 4.39 Å². The fraction of sp³-hybridized carbons (Fsp3) is 0.111. The minimum atomic E-state index is -0.976. The van der Waals surface area contributed by atoms with Gasteiger partial charge in [-0.1, -0.05) is 5.16 Å². The molecule has 1 heterocycles. The Morgan fingerprint density at radius 1 is 1.30 bits per heavy atom. The quantitative estimate of drug-likeness (QED) is 0.626. The first-order chi connectivity index (χ1) is 13.0. The van der Waals surface area contributed by atoms with Crippen LogP contribution >= 0.6 is 0 Å². The molecule has 0 aliphatic heterocycles. The van der Waals surface area contributed by atoms with Crippen molar-refractivity contribution in [2.24, 2.45) is 0 Å². The lowest BCUT2D eigenvalue weighted by molar-refractivity contribution is 0.0901. The molecular formula is C18H13FN4O4. The van der Waals surface area contributed by atoms with Crippen LogP contribution < -0.4 is 5.32 Å². The summed E-state index contributed by atoms with van der Waals surface area (Å²) in [4.78, 5) is 16.3. The summed E-state index contributed by atoms with van der Waals surface area (Å²) >= 11 is 0. The number of hydrogen-bond acceptors (Lipinski definition) is 7. The number of rotatable bonds is 5. The molecule has 8 nitrogen and oxygen atoms in total. The van der Waals surface area contributed by atoms with Crippen molar-refractivity contribution in [1.29, 1.82) is 5.26 Å². The van der Waals surface area contributed by atoms with Gasteiger partial charge < -0.3 is 20.1 Å². The number of phenolic OH excluding ortho intramolecular Hbond substituents is 1. The van der Waals surface area contributed by atoms with Crippen LogP contribution in [0.3, 0.4) is 0 Å². The molecule has 0 aliphatic carbocycles. The smallest absolute Gasteiger partial charge is 0.251 e. The summed E-state index contributed by atoms with van der Waals surface area (Å²) in [5.74, 6) is -1.89. The average Bonchev–Trinajstić information content (AvgIpc) is 3.18. The van der Waals surface area contributed by atoms with E-state index in [0.717, 1.165) is 12.1 Å². The highest BCUT2D eigenvalue weighted by molar-refractivity contribution is 5.94. The van der Waals surface area contributed by atoms with Crippen molar-refractivity contribution in [3.05, 3.63) is 65.3 Å². The Morgan fingerprint density at radius 3 is 2.67 bits per heavy atom. The van der Waals surface area contributed by atoms with E-state index in [-0.39, 0.29) is 22.8 Å². The first-order valence-electron chi connectivity index (χ1n) is 7.76.